The van der Waals surface area contributed by atoms with Crippen LogP contribution in [0.2, 0.25) is 0 Å². The van der Waals surface area contributed by atoms with Gasteiger partial charge in [-0.1, -0.05) is 43.9 Å². The first-order chi connectivity index (χ1) is 14.2. The van der Waals surface area contributed by atoms with E-state index in [-0.39, 0.29) is 17.7 Å². The van der Waals surface area contributed by atoms with Gasteiger partial charge in [-0.05, 0) is 31.4 Å². The Morgan fingerprint density at radius 2 is 1.86 bits per heavy atom. The van der Waals surface area contributed by atoms with Crippen LogP contribution in [0.5, 0.6) is 0 Å². The minimum absolute atomic E-state index is 0.000355. The number of nitrogens with one attached hydrogen (secondary N) is 1. The third-order valence-corrected chi connectivity index (χ3v) is 6.10. The van der Waals surface area contributed by atoms with Crippen molar-refractivity contribution < 1.29 is 14.0 Å². The zero-order valence-corrected chi connectivity index (χ0v) is 16.8. The molecule has 1 aromatic heterocycles. The third-order valence-electron chi connectivity index (χ3n) is 6.10. The van der Waals surface area contributed by atoms with Crippen molar-refractivity contribution in [2.45, 2.75) is 64.0 Å². The lowest BCUT2D eigenvalue weighted by atomic mass is 9.93. The van der Waals surface area contributed by atoms with Gasteiger partial charge < -0.3 is 14.6 Å². The van der Waals surface area contributed by atoms with Gasteiger partial charge in [-0.15, -0.1) is 0 Å². The number of likely N-dealkylation sites (tertiary alicyclic amines) is 1. The summed E-state index contributed by atoms with van der Waals surface area (Å²) in [5.74, 6) is 0.624. The summed E-state index contributed by atoms with van der Waals surface area (Å²) < 4.78 is 5.54. The average Bonchev–Trinajstić information content (AvgIpc) is 3.07. The quantitative estimate of drug-likeness (QED) is 0.779. The highest BCUT2D eigenvalue weighted by Crippen LogP contribution is 2.27. The molecule has 1 aliphatic heterocycles. The number of amides is 2. The van der Waals surface area contributed by atoms with Crippen molar-refractivity contribution in [3.63, 3.8) is 0 Å². The topological polar surface area (TPSA) is 75.4 Å². The van der Waals surface area contributed by atoms with E-state index in [4.69, 9.17) is 4.42 Å². The Kier molecular flexibility index (Phi) is 6.27. The SMILES string of the molecule is O=C(NCc1coc(-c2ccccc2)n1)[C@@H]1CCC(=O)N(C2CCCCCC2)C1. The molecule has 1 saturated carbocycles. The second-order valence-corrected chi connectivity index (χ2v) is 8.15. The maximum absolute atomic E-state index is 12.7. The van der Waals surface area contributed by atoms with E-state index in [0.29, 0.717) is 43.6 Å². The number of oxazole rings is 1. The van der Waals surface area contributed by atoms with Gasteiger partial charge in [0.15, 0.2) is 0 Å². The fraction of sp³-hybridized carbons (Fsp3) is 0.522. The van der Waals surface area contributed by atoms with Crippen LogP contribution in [0.25, 0.3) is 11.5 Å². The number of benzene rings is 1. The molecule has 2 amide bonds. The minimum Gasteiger partial charge on any atom is -0.444 e. The summed E-state index contributed by atoms with van der Waals surface area (Å²) in [7, 11) is 0. The summed E-state index contributed by atoms with van der Waals surface area (Å²) in [6.07, 6.45) is 9.70. The molecule has 2 aliphatic rings. The number of hydrogen-bond donors (Lipinski definition) is 1. The summed E-state index contributed by atoms with van der Waals surface area (Å²) in [4.78, 5) is 31.7. The number of hydrogen-bond acceptors (Lipinski definition) is 4. The van der Waals surface area contributed by atoms with Crippen molar-refractivity contribution in [1.82, 2.24) is 15.2 Å². The van der Waals surface area contributed by atoms with Crippen LogP contribution in [0.4, 0.5) is 0 Å². The lowest BCUT2D eigenvalue weighted by molar-refractivity contribution is -0.141. The highest BCUT2D eigenvalue weighted by molar-refractivity contribution is 5.84. The molecule has 1 atom stereocenters. The maximum Gasteiger partial charge on any atom is 0.226 e. The van der Waals surface area contributed by atoms with Gasteiger partial charge in [0.2, 0.25) is 17.7 Å². The lowest BCUT2D eigenvalue weighted by Gasteiger charge is -2.37. The van der Waals surface area contributed by atoms with Crippen LogP contribution in [-0.4, -0.2) is 34.3 Å². The van der Waals surface area contributed by atoms with E-state index in [0.717, 1.165) is 18.4 Å². The normalized spacial score (nSPS) is 21.0. The standard InChI is InChI=1S/C23H29N3O3/c27-21-13-12-18(15-26(21)20-10-6-1-2-7-11-20)22(28)24-14-19-16-29-23(25-19)17-8-4-3-5-9-17/h3-5,8-9,16,18,20H,1-2,6-7,10-15H2,(H,24,28)/t18-/m1/s1. The van der Waals surface area contributed by atoms with Gasteiger partial charge in [-0.25, -0.2) is 4.98 Å². The van der Waals surface area contributed by atoms with E-state index in [1.54, 1.807) is 6.26 Å². The average molecular weight is 396 g/mol. The Morgan fingerprint density at radius 1 is 1.10 bits per heavy atom. The summed E-state index contributed by atoms with van der Waals surface area (Å²) in [6, 6.07) is 10.0. The van der Waals surface area contributed by atoms with Crippen molar-refractivity contribution in [2.75, 3.05) is 6.54 Å². The predicted molar refractivity (Wildman–Crippen MR) is 110 cm³/mol. The smallest absolute Gasteiger partial charge is 0.226 e. The van der Waals surface area contributed by atoms with E-state index >= 15 is 0 Å². The maximum atomic E-state index is 12.7. The molecule has 6 heteroatoms. The fourth-order valence-corrected chi connectivity index (χ4v) is 4.43. The number of aromatic nitrogens is 1. The van der Waals surface area contributed by atoms with Gasteiger partial charge >= 0.3 is 0 Å². The molecular weight excluding hydrogens is 366 g/mol. The molecule has 0 unspecified atom stereocenters. The van der Waals surface area contributed by atoms with Crippen molar-refractivity contribution in [3.8, 4) is 11.5 Å². The van der Waals surface area contributed by atoms with Crippen LogP contribution in [0.15, 0.2) is 41.0 Å². The largest absolute Gasteiger partial charge is 0.444 e. The number of carbonyl (C=O) groups excluding carboxylic acids is 2. The number of rotatable bonds is 5. The summed E-state index contributed by atoms with van der Waals surface area (Å²) in [5.41, 5.74) is 1.61. The summed E-state index contributed by atoms with van der Waals surface area (Å²) in [5, 5.41) is 2.98. The number of carbonyl (C=O) groups is 2. The minimum atomic E-state index is -0.142. The van der Waals surface area contributed by atoms with Crippen molar-refractivity contribution >= 4 is 11.8 Å². The highest BCUT2D eigenvalue weighted by Gasteiger charge is 2.34. The van der Waals surface area contributed by atoms with Crippen molar-refractivity contribution in [3.05, 3.63) is 42.3 Å². The molecule has 0 radical (unpaired) electrons. The molecule has 154 valence electrons. The van der Waals surface area contributed by atoms with Crippen LogP contribution in [0.1, 0.15) is 57.1 Å². The van der Waals surface area contributed by atoms with E-state index in [1.807, 2.05) is 35.2 Å². The Hall–Kier alpha value is -2.63. The van der Waals surface area contributed by atoms with Crippen LogP contribution in [0, 0.1) is 5.92 Å². The first-order valence-electron chi connectivity index (χ1n) is 10.8. The van der Waals surface area contributed by atoms with E-state index in [2.05, 4.69) is 10.3 Å². The van der Waals surface area contributed by atoms with Crippen molar-refractivity contribution in [1.29, 1.82) is 0 Å². The zero-order chi connectivity index (χ0) is 20.1. The molecular formula is C23H29N3O3. The van der Waals surface area contributed by atoms with Gasteiger partial charge in [-0.2, -0.15) is 0 Å². The Labute approximate surface area is 171 Å². The molecule has 1 N–H and O–H groups in total. The summed E-state index contributed by atoms with van der Waals surface area (Å²) >= 11 is 0. The van der Waals surface area contributed by atoms with Gasteiger partial charge in [0.1, 0.15) is 6.26 Å². The first kappa shape index (κ1) is 19.7. The molecule has 1 aromatic carbocycles. The molecule has 1 aliphatic carbocycles. The van der Waals surface area contributed by atoms with E-state index in [1.165, 1.54) is 25.7 Å². The Balaban J connectivity index is 1.32. The van der Waals surface area contributed by atoms with Crippen LogP contribution in [-0.2, 0) is 16.1 Å². The van der Waals surface area contributed by atoms with Crippen LogP contribution < -0.4 is 5.32 Å². The summed E-state index contributed by atoms with van der Waals surface area (Å²) in [6.45, 7) is 0.881. The number of piperidine rings is 1. The Bertz CT molecular complexity index is 825. The molecule has 0 spiro atoms. The van der Waals surface area contributed by atoms with Crippen LogP contribution in [0.3, 0.4) is 0 Å². The van der Waals surface area contributed by atoms with Crippen LogP contribution >= 0.6 is 0 Å². The van der Waals surface area contributed by atoms with Gasteiger partial charge in [0, 0.05) is 24.6 Å². The van der Waals surface area contributed by atoms with Gasteiger partial charge in [-0.3, -0.25) is 9.59 Å². The molecule has 2 fully saturated rings. The molecule has 29 heavy (non-hydrogen) atoms. The molecule has 2 aromatic rings. The second kappa shape index (κ2) is 9.25. The van der Waals surface area contributed by atoms with E-state index < -0.39 is 0 Å². The second-order valence-electron chi connectivity index (χ2n) is 8.15. The predicted octanol–water partition coefficient (Wildman–Crippen LogP) is 3.92. The lowest BCUT2D eigenvalue weighted by Crippen LogP contribution is -2.49. The number of nitrogens with zero attached hydrogens (tertiary/aromatic N) is 2. The molecule has 4 rings (SSSR count). The first-order valence-corrected chi connectivity index (χ1v) is 10.8. The zero-order valence-electron chi connectivity index (χ0n) is 16.8. The van der Waals surface area contributed by atoms with Crippen molar-refractivity contribution in [2.24, 2.45) is 5.92 Å². The van der Waals surface area contributed by atoms with Gasteiger partial charge in [0.25, 0.3) is 0 Å². The molecule has 0 bridgehead atoms. The monoisotopic (exact) mass is 395 g/mol. The van der Waals surface area contributed by atoms with E-state index in [9.17, 15) is 9.59 Å². The molecule has 6 nitrogen and oxygen atoms in total. The molecule has 1 saturated heterocycles. The highest BCUT2D eigenvalue weighted by atomic mass is 16.3. The molecule has 2 heterocycles. The third kappa shape index (κ3) is 4.86. The fourth-order valence-electron chi connectivity index (χ4n) is 4.43. The van der Waals surface area contributed by atoms with Gasteiger partial charge in [0.05, 0.1) is 18.2 Å². The Morgan fingerprint density at radius 3 is 2.62 bits per heavy atom.